The van der Waals surface area contributed by atoms with Crippen LogP contribution in [0.4, 0.5) is 0 Å². The normalized spacial score (nSPS) is 54.0. The highest BCUT2D eigenvalue weighted by molar-refractivity contribution is 5.79. The molecule has 4 saturated carbocycles. The van der Waals surface area contributed by atoms with Crippen molar-refractivity contribution in [3.05, 3.63) is 11.6 Å². The SMILES string of the molecule is C[C@@H]1O[C@@H](O[C@H]2[C@H](O[C@H]3CC[C@]4(C)[C@H]5CC=C6[C@@H]7CC(C)(C)CC[C@]7(C(=O)O[C@@H]7O[C@H](CO)[C@@H](O)[C@H](O)[C@H]7O)CC[C@@]6(C)[C@]5(C)CC[C@H]4[C@]3(C)C=O)O[C@H](C(=O)O)[C@@H](O)[C@@H]2O)[C@H](O)[C@H](O)[C@H]1O. The monoisotopic (exact) mass is 954 g/mol. The van der Waals surface area contributed by atoms with Crippen LogP contribution in [0.1, 0.15) is 113 Å². The number of aliphatic hydroxyl groups excluding tert-OH is 9. The third-order valence-corrected chi connectivity index (χ3v) is 19.2. The Morgan fingerprint density at radius 3 is 2.03 bits per heavy atom. The van der Waals surface area contributed by atoms with Gasteiger partial charge in [0.05, 0.1) is 29.6 Å². The zero-order chi connectivity index (χ0) is 49.1. The van der Waals surface area contributed by atoms with Gasteiger partial charge in [0.15, 0.2) is 18.7 Å². The van der Waals surface area contributed by atoms with E-state index in [4.69, 9.17) is 28.4 Å². The van der Waals surface area contributed by atoms with E-state index in [1.165, 1.54) is 12.5 Å². The number of aldehydes is 1. The van der Waals surface area contributed by atoms with E-state index in [-0.39, 0.29) is 34.0 Å². The lowest BCUT2D eigenvalue weighted by atomic mass is 9.33. The summed E-state index contributed by atoms with van der Waals surface area (Å²) >= 11 is 0. The van der Waals surface area contributed by atoms with E-state index in [0.717, 1.165) is 19.1 Å². The Hall–Kier alpha value is -2.21. The second-order valence-corrected chi connectivity index (χ2v) is 23.1. The predicted molar refractivity (Wildman–Crippen MR) is 230 cm³/mol. The van der Waals surface area contributed by atoms with Crippen molar-refractivity contribution in [3.63, 3.8) is 0 Å². The van der Waals surface area contributed by atoms with Crippen molar-refractivity contribution >= 4 is 18.2 Å². The summed E-state index contributed by atoms with van der Waals surface area (Å²) in [7, 11) is 0. The van der Waals surface area contributed by atoms with Crippen LogP contribution in [-0.2, 0) is 42.8 Å². The summed E-state index contributed by atoms with van der Waals surface area (Å²) in [5.74, 6) is -2.51. The van der Waals surface area contributed by atoms with Gasteiger partial charge in [-0.3, -0.25) is 4.79 Å². The van der Waals surface area contributed by atoms with Crippen molar-refractivity contribution in [2.75, 3.05) is 6.61 Å². The predicted octanol–water partition coefficient (Wildman–Crippen LogP) is 0.439. The number of esters is 1. The smallest absolute Gasteiger partial charge is 0.335 e. The lowest BCUT2D eigenvalue weighted by molar-refractivity contribution is -0.371. The minimum Gasteiger partial charge on any atom is -0.479 e. The van der Waals surface area contributed by atoms with E-state index >= 15 is 0 Å². The van der Waals surface area contributed by atoms with Crippen LogP contribution in [0.5, 0.6) is 0 Å². The maximum absolute atomic E-state index is 14.7. The van der Waals surface area contributed by atoms with Crippen molar-refractivity contribution in [2.45, 2.75) is 211 Å². The Morgan fingerprint density at radius 1 is 0.716 bits per heavy atom. The summed E-state index contributed by atoms with van der Waals surface area (Å²) in [6.07, 6.45) is -16.3. The Labute approximate surface area is 390 Å². The molecule has 3 saturated heterocycles. The molecule has 3 heterocycles. The molecule has 67 heavy (non-hydrogen) atoms. The minimum absolute atomic E-state index is 0.0713. The first-order chi connectivity index (χ1) is 31.2. The second-order valence-electron chi connectivity index (χ2n) is 23.1. The fraction of sp³-hybridized carbons (Fsp3) is 0.896. The van der Waals surface area contributed by atoms with Gasteiger partial charge in [-0.25, -0.2) is 4.79 Å². The second kappa shape index (κ2) is 17.8. The molecule has 0 spiro atoms. The first kappa shape index (κ1) is 51.2. The van der Waals surface area contributed by atoms with Crippen molar-refractivity contribution in [1.82, 2.24) is 0 Å². The number of carboxylic acid groups (broad SMARTS) is 1. The van der Waals surface area contributed by atoms with E-state index in [2.05, 4.69) is 40.7 Å². The van der Waals surface area contributed by atoms with E-state index in [9.17, 15) is 65.4 Å². The Kier molecular flexibility index (Phi) is 13.6. The molecule has 0 amide bonds. The van der Waals surface area contributed by atoms with Crippen LogP contribution >= 0.6 is 0 Å². The van der Waals surface area contributed by atoms with Gasteiger partial charge in [-0.2, -0.15) is 0 Å². The molecular weight excluding hydrogens is 881 g/mol. The Morgan fingerprint density at radius 2 is 1.37 bits per heavy atom. The average molecular weight is 955 g/mol. The van der Waals surface area contributed by atoms with Crippen molar-refractivity contribution in [2.24, 2.45) is 50.2 Å². The van der Waals surface area contributed by atoms with Crippen molar-refractivity contribution in [3.8, 4) is 0 Å². The molecule has 19 nitrogen and oxygen atoms in total. The molecule has 24 atom stereocenters. The van der Waals surface area contributed by atoms with Gasteiger partial charge < -0.3 is 84.3 Å². The highest BCUT2D eigenvalue weighted by Crippen LogP contribution is 2.76. The first-order valence-corrected chi connectivity index (χ1v) is 24.2. The van der Waals surface area contributed by atoms with E-state index in [1.54, 1.807) is 0 Å². The van der Waals surface area contributed by atoms with Crippen LogP contribution < -0.4 is 0 Å². The molecule has 5 aliphatic carbocycles. The molecule has 0 aromatic carbocycles. The van der Waals surface area contributed by atoms with Gasteiger partial charge in [-0.05, 0) is 111 Å². The summed E-state index contributed by atoms with van der Waals surface area (Å²) in [6.45, 7) is 13.9. The minimum atomic E-state index is -2.00. The number of carbonyl (C=O) groups excluding carboxylic acids is 2. The number of carbonyl (C=O) groups is 3. The summed E-state index contributed by atoms with van der Waals surface area (Å²) in [4.78, 5) is 40.6. The number of allylic oxidation sites excluding steroid dienone is 2. The first-order valence-electron chi connectivity index (χ1n) is 24.2. The molecule has 8 rings (SSSR count). The molecule has 380 valence electrons. The number of carboxylic acids is 1. The molecule has 19 heteroatoms. The standard InChI is InChI=1S/C48H74O19/c1-21-28(51)30(53)34(57)39(62-21)66-37-33(56)32(55)36(38(59)60)65-41(37)64-27-11-12-44(4)25(45(27,5)20-50)10-13-47(7)26(44)9-8-22-23-18-43(2,3)14-16-48(23,17-15-46(22,47)6)42(61)67-40-35(58)31(54)29(52)24(19-49)63-40/h8,20-21,23-37,39-41,49,51-58H,9-19H2,1-7H3,(H,59,60)/t21-,23-,24+,25+,26+,27-,28-,29+,30+,31-,32-,33-,34+,35+,36-,37+,39-,40-,41+,44-,45-,46+,47+,48-/m0/s1. The zero-order valence-electron chi connectivity index (χ0n) is 39.5. The molecule has 0 bridgehead atoms. The van der Waals surface area contributed by atoms with Gasteiger partial charge in [0, 0.05) is 0 Å². The Balaban J connectivity index is 1.07. The highest BCUT2D eigenvalue weighted by Gasteiger charge is 2.71. The quantitative estimate of drug-likeness (QED) is 0.0649. The summed E-state index contributed by atoms with van der Waals surface area (Å²) in [6, 6.07) is 0. The number of aliphatic carboxylic acids is 1. The van der Waals surface area contributed by atoms with Gasteiger partial charge >= 0.3 is 11.9 Å². The lowest BCUT2D eigenvalue weighted by Gasteiger charge is -2.71. The number of ether oxygens (including phenoxy) is 6. The van der Waals surface area contributed by atoms with E-state index in [0.29, 0.717) is 51.4 Å². The van der Waals surface area contributed by atoms with Crippen LogP contribution in [0, 0.1) is 50.2 Å². The number of aliphatic hydroxyl groups is 9. The van der Waals surface area contributed by atoms with Crippen molar-refractivity contribution < 1.29 is 93.9 Å². The van der Waals surface area contributed by atoms with Gasteiger partial charge in [0.25, 0.3) is 0 Å². The number of hydrogen-bond acceptors (Lipinski definition) is 18. The number of rotatable bonds is 9. The maximum Gasteiger partial charge on any atom is 0.335 e. The molecule has 0 aromatic rings. The van der Waals surface area contributed by atoms with Crippen LogP contribution in [0.2, 0.25) is 0 Å². The fourth-order valence-corrected chi connectivity index (χ4v) is 14.8. The fourth-order valence-electron chi connectivity index (χ4n) is 14.8. The zero-order valence-corrected chi connectivity index (χ0v) is 39.5. The molecule has 7 fully saturated rings. The molecule has 0 unspecified atom stereocenters. The molecule has 3 aliphatic heterocycles. The molecule has 10 N–H and O–H groups in total. The van der Waals surface area contributed by atoms with Gasteiger partial charge in [0.1, 0.15) is 67.3 Å². The summed E-state index contributed by atoms with van der Waals surface area (Å²) < 4.78 is 35.6. The van der Waals surface area contributed by atoms with Crippen molar-refractivity contribution in [1.29, 1.82) is 0 Å². The average Bonchev–Trinajstić information content (AvgIpc) is 3.27. The number of fused-ring (bicyclic) bond motifs is 7. The van der Waals surface area contributed by atoms with Crippen LogP contribution in [-0.4, -0.2) is 174 Å². The van der Waals surface area contributed by atoms with Crippen LogP contribution in [0.25, 0.3) is 0 Å². The summed E-state index contributed by atoms with van der Waals surface area (Å²) in [5, 5.41) is 105. The van der Waals surface area contributed by atoms with Crippen LogP contribution in [0.15, 0.2) is 11.6 Å². The third kappa shape index (κ3) is 7.88. The van der Waals surface area contributed by atoms with E-state index in [1.807, 2.05) is 6.92 Å². The summed E-state index contributed by atoms with van der Waals surface area (Å²) in [5.41, 5.74) is -2.15. The third-order valence-electron chi connectivity index (χ3n) is 19.2. The molecule has 0 aromatic heterocycles. The van der Waals surface area contributed by atoms with Gasteiger partial charge in [-0.15, -0.1) is 0 Å². The highest BCUT2D eigenvalue weighted by atomic mass is 16.8. The van der Waals surface area contributed by atoms with Gasteiger partial charge in [0.2, 0.25) is 6.29 Å². The van der Waals surface area contributed by atoms with Gasteiger partial charge in [-0.1, -0.05) is 53.2 Å². The number of hydrogen-bond donors (Lipinski definition) is 10. The maximum atomic E-state index is 14.7. The lowest BCUT2D eigenvalue weighted by Crippen LogP contribution is -2.67. The van der Waals surface area contributed by atoms with Crippen LogP contribution in [0.3, 0.4) is 0 Å². The topological polar surface area (TPSA) is 309 Å². The molecule has 0 radical (unpaired) electrons. The molecular formula is C48H74O19. The largest absolute Gasteiger partial charge is 0.479 e. The van der Waals surface area contributed by atoms with E-state index < -0.39 is 133 Å². The molecule has 8 aliphatic rings. The Bertz CT molecular complexity index is 1910.